The molecule has 0 bridgehead atoms. The van der Waals surface area contributed by atoms with E-state index in [0.29, 0.717) is 6.54 Å². The van der Waals surface area contributed by atoms with Crippen molar-refractivity contribution in [2.75, 3.05) is 13.1 Å². The number of aryl methyl sites for hydroxylation is 1. The van der Waals surface area contributed by atoms with Crippen LogP contribution in [0.5, 0.6) is 0 Å². The number of hydrogen-bond acceptors (Lipinski definition) is 4. The third-order valence-electron chi connectivity index (χ3n) is 2.74. The minimum atomic E-state index is -0.462. The zero-order valence-corrected chi connectivity index (χ0v) is 14.1. The van der Waals surface area contributed by atoms with Gasteiger partial charge in [0.2, 0.25) is 0 Å². The molecule has 0 saturated heterocycles. The van der Waals surface area contributed by atoms with Crippen LogP contribution in [-0.2, 0) is 17.8 Å². The number of rotatable bonds is 8. The van der Waals surface area contributed by atoms with E-state index in [-0.39, 0.29) is 0 Å². The zero-order chi connectivity index (χ0) is 16.4. The summed E-state index contributed by atoms with van der Waals surface area (Å²) in [6.07, 6.45) is 6.39. The summed E-state index contributed by atoms with van der Waals surface area (Å²) in [6, 6.07) is 2.02. The van der Waals surface area contributed by atoms with Crippen LogP contribution in [0, 0.1) is 0 Å². The highest BCUT2D eigenvalue weighted by Crippen LogP contribution is 2.06. The maximum Gasteiger partial charge on any atom is 0.407 e. The van der Waals surface area contributed by atoms with Crippen molar-refractivity contribution < 1.29 is 9.53 Å². The first-order valence-electron chi connectivity index (χ1n) is 7.75. The molecule has 0 fully saturated rings. The molecule has 1 aromatic heterocycles. The molecule has 0 unspecified atom stereocenters. The lowest BCUT2D eigenvalue weighted by atomic mass is 10.2. The average Bonchev–Trinajstić information content (AvgIpc) is 2.83. The van der Waals surface area contributed by atoms with Crippen LogP contribution in [0.3, 0.4) is 0 Å². The molecule has 1 rings (SSSR count). The molecule has 6 nitrogen and oxygen atoms in total. The molecule has 6 heteroatoms. The first-order chi connectivity index (χ1) is 10.4. The Labute approximate surface area is 132 Å². The number of aromatic nitrogens is 2. The largest absolute Gasteiger partial charge is 0.444 e. The molecule has 0 aliphatic carbocycles. The summed E-state index contributed by atoms with van der Waals surface area (Å²) in [5.74, 6) is 0. The van der Waals surface area contributed by atoms with Gasteiger partial charge in [0.1, 0.15) is 5.60 Å². The van der Waals surface area contributed by atoms with Crippen LogP contribution in [0.15, 0.2) is 24.4 Å². The molecule has 1 aromatic rings. The summed E-state index contributed by atoms with van der Waals surface area (Å²) < 4.78 is 7.16. The van der Waals surface area contributed by atoms with Gasteiger partial charge in [-0.05, 0) is 33.3 Å². The fourth-order valence-corrected chi connectivity index (χ4v) is 1.83. The second-order valence-electron chi connectivity index (χ2n) is 6.03. The standard InChI is InChI=1S/C16H28N4O2/c1-5-12-20-14(8-11-19-20)13-17-9-6-7-10-18-15(21)22-16(2,3)4/h6-8,11,17H,5,9-10,12-13H2,1-4H3,(H,18,21)/b7-6+. The molecule has 0 aliphatic rings. The molecule has 0 atom stereocenters. The molecule has 1 heterocycles. The van der Waals surface area contributed by atoms with Gasteiger partial charge in [0.25, 0.3) is 0 Å². The first-order valence-corrected chi connectivity index (χ1v) is 7.75. The number of carbonyl (C=O) groups is 1. The second-order valence-corrected chi connectivity index (χ2v) is 6.03. The first kappa shape index (κ1) is 18.2. The molecular weight excluding hydrogens is 280 g/mol. The van der Waals surface area contributed by atoms with E-state index < -0.39 is 11.7 Å². The number of alkyl carbamates (subject to hydrolysis) is 1. The summed E-state index contributed by atoms with van der Waals surface area (Å²) in [7, 11) is 0. The monoisotopic (exact) mass is 308 g/mol. The van der Waals surface area contributed by atoms with Crippen LogP contribution >= 0.6 is 0 Å². The Morgan fingerprint density at radius 3 is 2.77 bits per heavy atom. The lowest BCUT2D eigenvalue weighted by Gasteiger charge is -2.19. The van der Waals surface area contributed by atoms with Crippen molar-refractivity contribution >= 4 is 6.09 Å². The highest BCUT2D eigenvalue weighted by molar-refractivity contribution is 5.67. The predicted molar refractivity (Wildman–Crippen MR) is 87.6 cm³/mol. The van der Waals surface area contributed by atoms with Crippen LogP contribution < -0.4 is 10.6 Å². The molecule has 22 heavy (non-hydrogen) atoms. The minimum absolute atomic E-state index is 0.395. The maximum atomic E-state index is 11.4. The smallest absolute Gasteiger partial charge is 0.407 e. The van der Waals surface area contributed by atoms with Gasteiger partial charge in [0.05, 0.1) is 5.69 Å². The van der Waals surface area contributed by atoms with Gasteiger partial charge in [0, 0.05) is 32.4 Å². The van der Waals surface area contributed by atoms with Gasteiger partial charge in [-0.25, -0.2) is 4.79 Å². The van der Waals surface area contributed by atoms with Gasteiger partial charge in [-0.1, -0.05) is 19.1 Å². The predicted octanol–water partition coefficient (Wildman–Crippen LogP) is 2.46. The Balaban J connectivity index is 2.14. The quantitative estimate of drug-likeness (QED) is 0.572. The van der Waals surface area contributed by atoms with Gasteiger partial charge in [0.15, 0.2) is 0 Å². The summed E-state index contributed by atoms with van der Waals surface area (Å²) in [4.78, 5) is 11.4. The SMILES string of the molecule is CCCn1nccc1CNC/C=C/CNC(=O)OC(C)(C)C. The number of nitrogens with zero attached hydrogens (tertiary/aromatic N) is 2. The summed E-state index contributed by atoms with van der Waals surface area (Å²) in [6.45, 7) is 10.6. The average molecular weight is 308 g/mol. The van der Waals surface area contributed by atoms with Crippen molar-refractivity contribution in [2.24, 2.45) is 0 Å². The molecule has 2 N–H and O–H groups in total. The van der Waals surface area contributed by atoms with Crippen molar-refractivity contribution in [1.82, 2.24) is 20.4 Å². The van der Waals surface area contributed by atoms with Crippen molar-refractivity contribution in [1.29, 1.82) is 0 Å². The maximum absolute atomic E-state index is 11.4. The summed E-state index contributed by atoms with van der Waals surface area (Å²) in [5.41, 5.74) is 0.721. The van der Waals surface area contributed by atoms with Gasteiger partial charge >= 0.3 is 6.09 Å². The molecule has 0 spiro atoms. The molecule has 124 valence electrons. The van der Waals surface area contributed by atoms with E-state index in [1.165, 1.54) is 5.69 Å². The normalized spacial score (nSPS) is 11.8. The Hall–Kier alpha value is -1.82. The highest BCUT2D eigenvalue weighted by Gasteiger charge is 2.14. The number of nitrogens with one attached hydrogen (secondary N) is 2. The summed E-state index contributed by atoms with van der Waals surface area (Å²) >= 11 is 0. The van der Waals surface area contributed by atoms with Gasteiger partial charge in [-0.2, -0.15) is 5.10 Å². The molecule has 1 amide bonds. The molecule has 0 saturated carbocycles. The number of amides is 1. The van der Waals surface area contributed by atoms with Crippen molar-refractivity contribution in [3.05, 3.63) is 30.1 Å². The zero-order valence-electron chi connectivity index (χ0n) is 14.1. The van der Waals surface area contributed by atoms with E-state index in [9.17, 15) is 4.79 Å². The van der Waals surface area contributed by atoms with E-state index in [1.54, 1.807) is 0 Å². The minimum Gasteiger partial charge on any atom is -0.444 e. The fourth-order valence-electron chi connectivity index (χ4n) is 1.83. The van der Waals surface area contributed by atoms with Crippen molar-refractivity contribution in [3.8, 4) is 0 Å². The van der Waals surface area contributed by atoms with Crippen LogP contribution in [0.2, 0.25) is 0 Å². The highest BCUT2D eigenvalue weighted by atomic mass is 16.6. The van der Waals surface area contributed by atoms with Crippen LogP contribution in [0.4, 0.5) is 4.79 Å². The van der Waals surface area contributed by atoms with E-state index in [1.807, 2.05) is 49.9 Å². The number of ether oxygens (including phenoxy) is 1. The van der Waals surface area contributed by atoms with Crippen LogP contribution in [0.1, 0.15) is 39.8 Å². The topological polar surface area (TPSA) is 68.2 Å². The van der Waals surface area contributed by atoms with Crippen LogP contribution in [-0.4, -0.2) is 34.6 Å². The lowest BCUT2D eigenvalue weighted by molar-refractivity contribution is 0.0534. The van der Waals surface area contributed by atoms with E-state index in [4.69, 9.17) is 4.74 Å². The summed E-state index contributed by atoms with van der Waals surface area (Å²) in [5, 5.41) is 10.3. The third kappa shape index (κ3) is 7.83. The van der Waals surface area contributed by atoms with E-state index in [0.717, 1.165) is 26.1 Å². The fraction of sp³-hybridized carbons (Fsp3) is 0.625. The van der Waals surface area contributed by atoms with Crippen molar-refractivity contribution in [3.63, 3.8) is 0 Å². The number of hydrogen-bond donors (Lipinski definition) is 2. The van der Waals surface area contributed by atoms with Gasteiger partial charge in [-0.15, -0.1) is 0 Å². The third-order valence-corrected chi connectivity index (χ3v) is 2.74. The second kappa shape index (κ2) is 9.25. The van der Waals surface area contributed by atoms with Gasteiger partial charge < -0.3 is 15.4 Å². The number of carbonyl (C=O) groups excluding carboxylic acids is 1. The van der Waals surface area contributed by atoms with E-state index in [2.05, 4.69) is 22.7 Å². The molecule has 0 aromatic carbocycles. The molecular formula is C16H28N4O2. The molecule has 0 aliphatic heterocycles. The van der Waals surface area contributed by atoms with Crippen LogP contribution in [0.25, 0.3) is 0 Å². The Morgan fingerprint density at radius 2 is 2.09 bits per heavy atom. The van der Waals surface area contributed by atoms with Gasteiger partial charge in [-0.3, -0.25) is 4.68 Å². The molecule has 0 radical (unpaired) electrons. The van der Waals surface area contributed by atoms with E-state index >= 15 is 0 Å². The lowest BCUT2D eigenvalue weighted by Crippen LogP contribution is -2.32. The Kier molecular flexibility index (Phi) is 7.66. The van der Waals surface area contributed by atoms with Crippen molar-refractivity contribution in [2.45, 2.75) is 52.8 Å². The Morgan fingerprint density at radius 1 is 1.36 bits per heavy atom. The Bertz CT molecular complexity index is 475.